The van der Waals surface area contributed by atoms with Gasteiger partial charge in [-0.3, -0.25) is 0 Å². The Hall–Kier alpha value is -0.620. The fourth-order valence-electron chi connectivity index (χ4n) is 1.71. The van der Waals surface area contributed by atoms with E-state index in [1.165, 1.54) is 16.7 Å². The molecular formula is C13H13IN2S. The maximum atomic E-state index is 4.28. The Labute approximate surface area is 119 Å². The molecular weight excluding hydrogens is 343 g/mol. The smallest absolute Gasteiger partial charge is 0.116 e. The lowest BCUT2D eigenvalue weighted by molar-refractivity contribution is 1.02. The highest BCUT2D eigenvalue weighted by Gasteiger charge is 2.03. The van der Waals surface area contributed by atoms with Crippen LogP contribution in [0.25, 0.3) is 0 Å². The van der Waals surface area contributed by atoms with Crippen molar-refractivity contribution >= 4 is 34.4 Å². The molecule has 1 aromatic carbocycles. The van der Waals surface area contributed by atoms with Gasteiger partial charge in [-0.1, -0.05) is 29.3 Å². The number of hydrogen-bond donors (Lipinski definition) is 0. The topological polar surface area (TPSA) is 25.8 Å². The van der Waals surface area contributed by atoms with Crippen LogP contribution in [-0.2, 0) is 5.75 Å². The molecule has 0 N–H and O–H groups in total. The lowest BCUT2D eigenvalue weighted by Gasteiger charge is -2.05. The third-order valence-corrected chi connectivity index (χ3v) is 4.52. The van der Waals surface area contributed by atoms with Crippen molar-refractivity contribution in [2.75, 3.05) is 0 Å². The summed E-state index contributed by atoms with van der Waals surface area (Å²) in [5.74, 6) is 0.954. The average Bonchev–Trinajstić information content (AvgIpc) is 2.27. The molecule has 0 bridgehead atoms. The van der Waals surface area contributed by atoms with Crippen molar-refractivity contribution in [3.05, 3.63) is 51.0 Å². The number of halogens is 1. The van der Waals surface area contributed by atoms with Gasteiger partial charge in [0.2, 0.25) is 0 Å². The summed E-state index contributed by atoms with van der Waals surface area (Å²) in [4.78, 5) is 8.28. The summed E-state index contributed by atoms with van der Waals surface area (Å²) in [6.45, 7) is 4.27. The van der Waals surface area contributed by atoms with E-state index in [0.29, 0.717) is 0 Å². The van der Waals surface area contributed by atoms with Crippen molar-refractivity contribution < 1.29 is 0 Å². The molecule has 4 heteroatoms. The molecule has 0 aliphatic rings. The van der Waals surface area contributed by atoms with Gasteiger partial charge in [-0.25, -0.2) is 9.97 Å². The second-order valence-corrected chi connectivity index (χ2v) is 6.09. The third kappa shape index (κ3) is 3.67. The van der Waals surface area contributed by atoms with Crippen molar-refractivity contribution in [1.82, 2.24) is 9.97 Å². The first kappa shape index (κ1) is 12.8. The Morgan fingerprint density at radius 3 is 2.53 bits per heavy atom. The Bertz CT molecular complexity index is 508. The molecule has 0 saturated carbocycles. The van der Waals surface area contributed by atoms with Crippen LogP contribution in [-0.4, -0.2) is 9.97 Å². The van der Waals surface area contributed by atoms with Crippen molar-refractivity contribution in [2.45, 2.75) is 24.6 Å². The van der Waals surface area contributed by atoms with E-state index in [1.807, 2.05) is 6.20 Å². The van der Waals surface area contributed by atoms with Gasteiger partial charge in [0.1, 0.15) is 11.4 Å². The van der Waals surface area contributed by atoms with Crippen molar-refractivity contribution in [3.8, 4) is 0 Å². The number of thioether (sulfide) groups is 1. The molecule has 0 fully saturated rings. The number of benzene rings is 1. The van der Waals surface area contributed by atoms with Crippen LogP contribution in [0.15, 0.2) is 35.7 Å². The van der Waals surface area contributed by atoms with Crippen molar-refractivity contribution in [3.63, 3.8) is 0 Å². The first-order chi connectivity index (χ1) is 8.15. The number of hydrogen-bond acceptors (Lipinski definition) is 3. The number of nitrogens with zero attached hydrogens (tertiary/aromatic N) is 2. The van der Waals surface area contributed by atoms with Gasteiger partial charge in [0.05, 0.1) is 3.57 Å². The highest BCUT2D eigenvalue weighted by atomic mass is 127. The molecule has 0 aliphatic heterocycles. The average molecular weight is 356 g/mol. The van der Waals surface area contributed by atoms with Crippen LogP contribution in [0.1, 0.15) is 16.7 Å². The van der Waals surface area contributed by atoms with Crippen molar-refractivity contribution in [1.29, 1.82) is 0 Å². The molecule has 2 aromatic rings. The molecule has 0 unspecified atom stereocenters. The van der Waals surface area contributed by atoms with Crippen LogP contribution >= 0.6 is 34.4 Å². The summed E-state index contributed by atoms with van der Waals surface area (Å²) in [6, 6.07) is 6.66. The van der Waals surface area contributed by atoms with Crippen LogP contribution < -0.4 is 0 Å². The summed E-state index contributed by atoms with van der Waals surface area (Å²) in [5, 5.41) is 1.06. The molecule has 2 rings (SSSR count). The Kier molecular flexibility index (Phi) is 4.39. The molecule has 2 nitrogen and oxygen atoms in total. The molecule has 0 amide bonds. The lowest BCUT2D eigenvalue weighted by atomic mass is 10.1. The molecule has 0 spiro atoms. The normalized spacial score (nSPS) is 10.5. The summed E-state index contributed by atoms with van der Waals surface area (Å²) in [5.41, 5.74) is 3.98. The summed E-state index contributed by atoms with van der Waals surface area (Å²) in [6.07, 6.45) is 3.45. The molecule has 0 aliphatic carbocycles. The fourth-order valence-corrected chi connectivity index (χ4v) is 3.26. The van der Waals surface area contributed by atoms with Gasteiger partial charge in [0.15, 0.2) is 0 Å². The summed E-state index contributed by atoms with van der Waals surface area (Å²) >= 11 is 4.03. The summed E-state index contributed by atoms with van der Waals surface area (Å²) < 4.78 is 1.11. The van der Waals surface area contributed by atoms with E-state index in [4.69, 9.17) is 0 Å². The van der Waals surface area contributed by atoms with E-state index in [2.05, 4.69) is 64.6 Å². The molecule has 0 radical (unpaired) electrons. The molecule has 17 heavy (non-hydrogen) atoms. The Morgan fingerprint density at radius 1 is 1.18 bits per heavy atom. The zero-order valence-electron chi connectivity index (χ0n) is 9.77. The van der Waals surface area contributed by atoms with Gasteiger partial charge in [-0.15, -0.1) is 11.8 Å². The number of rotatable bonds is 3. The quantitative estimate of drug-likeness (QED) is 0.473. The van der Waals surface area contributed by atoms with E-state index in [0.717, 1.165) is 14.3 Å². The van der Waals surface area contributed by atoms with Gasteiger partial charge in [-0.05, 0) is 42.0 Å². The minimum atomic E-state index is 0.954. The zero-order valence-corrected chi connectivity index (χ0v) is 12.7. The monoisotopic (exact) mass is 356 g/mol. The van der Waals surface area contributed by atoms with E-state index in [9.17, 15) is 0 Å². The van der Waals surface area contributed by atoms with Crippen LogP contribution in [0.3, 0.4) is 0 Å². The first-order valence-electron chi connectivity index (χ1n) is 5.30. The molecule has 1 aromatic heterocycles. The zero-order chi connectivity index (χ0) is 12.3. The standard InChI is InChI=1S/C13H13IN2S/c1-9-3-10(2)5-11(4-9)7-17-13-12(14)6-15-8-16-13/h3-6,8H,7H2,1-2H3. The van der Waals surface area contributed by atoms with Crippen LogP contribution in [0, 0.1) is 17.4 Å². The number of aromatic nitrogens is 2. The molecule has 0 saturated heterocycles. The SMILES string of the molecule is Cc1cc(C)cc(CSc2ncncc2I)c1. The minimum Gasteiger partial charge on any atom is -0.244 e. The largest absolute Gasteiger partial charge is 0.244 e. The predicted molar refractivity (Wildman–Crippen MR) is 80.2 cm³/mol. The second-order valence-electron chi connectivity index (χ2n) is 3.96. The number of aryl methyl sites for hydroxylation is 2. The second kappa shape index (κ2) is 5.82. The Balaban J connectivity index is 2.10. The molecule has 88 valence electrons. The fraction of sp³-hybridized carbons (Fsp3) is 0.231. The van der Waals surface area contributed by atoms with Crippen LogP contribution in [0.2, 0.25) is 0 Å². The summed E-state index contributed by atoms with van der Waals surface area (Å²) in [7, 11) is 0. The van der Waals surface area contributed by atoms with Gasteiger partial charge in [-0.2, -0.15) is 0 Å². The lowest BCUT2D eigenvalue weighted by Crippen LogP contribution is -1.89. The highest BCUT2D eigenvalue weighted by Crippen LogP contribution is 2.25. The van der Waals surface area contributed by atoms with Gasteiger partial charge in [0, 0.05) is 11.9 Å². The van der Waals surface area contributed by atoms with Crippen LogP contribution in [0.5, 0.6) is 0 Å². The highest BCUT2D eigenvalue weighted by molar-refractivity contribution is 14.1. The first-order valence-corrected chi connectivity index (χ1v) is 7.37. The van der Waals surface area contributed by atoms with Gasteiger partial charge in [0.25, 0.3) is 0 Å². The van der Waals surface area contributed by atoms with E-state index in [-0.39, 0.29) is 0 Å². The van der Waals surface area contributed by atoms with Crippen molar-refractivity contribution in [2.24, 2.45) is 0 Å². The molecule has 0 atom stereocenters. The van der Waals surface area contributed by atoms with Gasteiger partial charge >= 0.3 is 0 Å². The van der Waals surface area contributed by atoms with Gasteiger partial charge < -0.3 is 0 Å². The predicted octanol–water partition coefficient (Wildman–Crippen LogP) is 3.99. The maximum absolute atomic E-state index is 4.28. The van der Waals surface area contributed by atoms with Crippen LogP contribution in [0.4, 0.5) is 0 Å². The molecule has 1 heterocycles. The van der Waals surface area contributed by atoms with E-state index < -0.39 is 0 Å². The minimum absolute atomic E-state index is 0.954. The third-order valence-electron chi connectivity index (χ3n) is 2.29. The van der Waals surface area contributed by atoms with E-state index >= 15 is 0 Å². The van der Waals surface area contributed by atoms with E-state index in [1.54, 1.807) is 18.1 Å². The Morgan fingerprint density at radius 2 is 1.88 bits per heavy atom. The maximum Gasteiger partial charge on any atom is 0.116 e.